The molecule has 1 unspecified atom stereocenters. The summed E-state index contributed by atoms with van der Waals surface area (Å²) in [6, 6.07) is 54.6. The quantitative estimate of drug-likeness (QED) is 0.160. The van der Waals surface area contributed by atoms with Crippen LogP contribution in [0.1, 0.15) is 86.5 Å². The first-order valence-electron chi connectivity index (χ1n) is 25.5. The van der Waals surface area contributed by atoms with Crippen molar-refractivity contribution in [1.29, 1.82) is 0 Å². The second kappa shape index (κ2) is 14.6. The number of hydrogen-bond acceptors (Lipinski definition) is 2. The van der Waals surface area contributed by atoms with Crippen LogP contribution < -0.4 is 32.2 Å². The van der Waals surface area contributed by atoms with Crippen molar-refractivity contribution in [3.8, 4) is 44.5 Å². The van der Waals surface area contributed by atoms with E-state index in [9.17, 15) is 0 Å². The van der Waals surface area contributed by atoms with Crippen molar-refractivity contribution >= 4 is 106 Å². The van der Waals surface area contributed by atoms with Crippen LogP contribution in [0.15, 0.2) is 150 Å². The minimum absolute atomic E-state index is 0.00250. The molecule has 7 heteroatoms. The highest BCUT2D eigenvalue weighted by molar-refractivity contribution is 6.68. The van der Waals surface area contributed by atoms with Crippen LogP contribution in [0.25, 0.3) is 66.4 Å². The fourth-order valence-corrected chi connectivity index (χ4v) is 15.4. The van der Waals surface area contributed by atoms with E-state index in [1.165, 1.54) is 95.9 Å². The molecule has 3 spiro atoms. The predicted molar refractivity (Wildman–Crippen MR) is 294 cm³/mol. The van der Waals surface area contributed by atoms with Crippen molar-refractivity contribution in [2.45, 2.75) is 75.0 Å². The maximum Gasteiger partial charge on any atom is 0.135 e. The Kier molecular flexibility index (Phi) is 8.67. The number of furan rings is 1. The van der Waals surface area contributed by atoms with Crippen molar-refractivity contribution < 1.29 is 4.42 Å². The van der Waals surface area contributed by atoms with Crippen LogP contribution in [0, 0.1) is 17.3 Å². The van der Waals surface area contributed by atoms with Crippen LogP contribution in [0.5, 0.6) is 0 Å². The summed E-state index contributed by atoms with van der Waals surface area (Å²) in [7, 11) is 32.1. The highest BCUT2D eigenvalue weighted by Crippen LogP contribution is 2.77. The Bertz CT molecular complexity index is 3710. The summed E-state index contributed by atoms with van der Waals surface area (Å²) in [4.78, 5) is 2.38. The molecule has 324 valence electrons. The lowest BCUT2D eigenvalue weighted by Crippen LogP contribution is -2.55. The molecule has 1 aromatic heterocycles. The molecule has 0 N–H and O–H groups in total. The van der Waals surface area contributed by atoms with Gasteiger partial charge in [0.05, 0.1) is 0 Å². The lowest BCUT2D eigenvalue weighted by molar-refractivity contribution is 0.199. The first-order valence-corrected chi connectivity index (χ1v) is 25.5. The maximum atomic E-state index is 6.66. The summed E-state index contributed by atoms with van der Waals surface area (Å²) >= 11 is 0. The van der Waals surface area contributed by atoms with Crippen LogP contribution in [0.3, 0.4) is 0 Å². The monoisotopic (exact) mass is 887 g/mol. The Balaban J connectivity index is 0.871. The Labute approximate surface area is 417 Å². The second-order valence-electron chi connectivity index (χ2n) is 21.9. The zero-order chi connectivity index (χ0) is 46.8. The number of anilines is 3. The third kappa shape index (κ3) is 5.53. The van der Waals surface area contributed by atoms with E-state index in [0.717, 1.165) is 69.2 Å². The zero-order valence-corrected chi connectivity index (χ0v) is 39.3. The van der Waals surface area contributed by atoms with E-state index in [2.05, 4.69) is 138 Å². The molecule has 0 aliphatic heterocycles. The summed E-state index contributed by atoms with van der Waals surface area (Å²) < 4.78 is 6.66. The highest BCUT2D eigenvalue weighted by Gasteiger charge is 2.68. The first kappa shape index (κ1) is 41.5. The Morgan fingerprint density at radius 2 is 0.986 bits per heavy atom. The lowest BCUT2D eigenvalue weighted by Gasteiger charge is -2.44. The average Bonchev–Trinajstić information content (AvgIpc) is 3.62. The van der Waals surface area contributed by atoms with Gasteiger partial charge in [0.15, 0.2) is 0 Å². The normalized spacial score (nSPS) is 22.8. The molecule has 2 bridgehead atoms. The van der Waals surface area contributed by atoms with Crippen molar-refractivity contribution in [1.82, 2.24) is 0 Å². The smallest absolute Gasteiger partial charge is 0.135 e. The van der Waals surface area contributed by atoms with Crippen molar-refractivity contribution in [2.24, 2.45) is 17.3 Å². The summed E-state index contributed by atoms with van der Waals surface area (Å²) in [5.74, 6) is 1.66. The molecule has 6 aliphatic carbocycles. The molecule has 4 fully saturated rings. The lowest BCUT2D eigenvalue weighted by atomic mass is 9.59. The first-order chi connectivity index (χ1) is 34.2. The van der Waals surface area contributed by atoms with Gasteiger partial charge < -0.3 is 9.32 Å². The Morgan fingerprint density at radius 1 is 0.429 bits per heavy atom. The predicted octanol–water partition coefficient (Wildman–Crippen LogP) is 11.1. The van der Waals surface area contributed by atoms with Gasteiger partial charge in [-0.15, -0.1) is 16.4 Å². The Hall–Kier alpha value is -6.32. The number of nitrogens with zero attached hydrogens (tertiary/aromatic N) is 1. The molecule has 15 rings (SSSR count). The van der Waals surface area contributed by atoms with Crippen molar-refractivity contribution in [2.75, 3.05) is 4.90 Å². The topological polar surface area (TPSA) is 16.4 Å². The third-order valence-corrected chi connectivity index (χ3v) is 18.9. The molecule has 10 radical (unpaired) electrons. The van der Waals surface area contributed by atoms with Gasteiger partial charge >= 0.3 is 0 Å². The van der Waals surface area contributed by atoms with Gasteiger partial charge in [-0.25, -0.2) is 0 Å². The van der Waals surface area contributed by atoms with E-state index in [1.807, 2.05) is 12.1 Å². The van der Waals surface area contributed by atoms with Gasteiger partial charge in [-0.2, -0.15) is 0 Å². The molecule has 6 aliphatic rings. The molecule has 0 saturated heterocycles. The number of rotatable bonds is 5. The van der Waals surface area contributed by atoms with Crippen LogP contribution in [-0.4, -0.2) is 39.2 Å². The van der Waals surface area contributed by atoms with E-state index >= 15 is 0 Å². The second-order valence-corrected chi connectivity index (χ2v) is 21.9. The van der Waals surface area contributed by atoms with Gasteiger partial charge in [0.2, 0.25) is 0 Å². The average molecular weight is 887 g/mol. The number of benzene rings is 8. The van der Waals surface area contributed by atoms with Crippen LogP contribution in [0.4, 0.5) is 17.1 Å². The molecule has 70 heavy (non-hydrogen) atoms. The molecular weight excluding hydrogens is 841 g/mol. The molecule has 8 aromatic carbocycles. The van der Waals surface area contributed by atoms with Gasteiger partial charge in [0, 0.05) is 38.7 Å². The van der Waals surface area contributed by atoms with Gasteiger partial charge in [0.1, 0.15) is 50.4 Å². The molecule has 2 nitrogen and oxygen atoms in total. The van der Waals surface area contributed by atoms with E-state index in [-0.39, 0.29) is 27.2 Å². The summed E-state index contributed by atoms with van der Waals surface area (Å²) in [6.45, 7) is 0. The number of hydrogen-bond donors (Lipinski definition) is 0. The number of fused-ring (bicyclic) bond motifs is 15. The van der Waals surface area contributed by atoms with Gasteiger partial charge in [-0.3, -0.25) is 0 Å². The maximum absolute atomic E-state index is 6.66. The summed E-state index contributed by atoms with van der Waals surface area (Å²) in [5.41, 5.74) is 22.4. The van der Waals surface area contributed by atoms with Crippen molar-refractivity contribution in [3.63, 3.8) is 0 Å². The molecule has 9 aromatic rings. The molecule has 1 heterocycles. The zero-order valence-electron chi connectivity index (χ0n) is 39.3. The summed E-state index contributed by atoms with van der Waals surface area (Å²) in [6.07, 6.45) is 12.9. The van der Waals surface area contributed by atoms with E-state index in [0.29, 0.717) is 21.9 Å². The largest absolute Gasteiger partial charge is 0.456 e. The molecule has 4 saturated carbocycles. The summed E-state index contributed by atoms with van der Waals surface area (Å²) in [5, 5.41) is 2.18. The molecule has 4 atom stereocenters. The van der Waals surface area contributed by atoms with Crippen LogP contribution >= 0.6 is 0 Å². The fraction of sp³-hybridized carbons (Fsp3) is 0.238. The van der Waals surface area contributed by atoms with Gasteiger partial charge in [-0.1, -0.05) is 115 Å². The van der Waals surface area contributed by atoms with Gasteiger partial charge in [0.25, 0.3) is 0 Å². The van der Waals surface area contributed by atoms with Gasteiger partial charge in [-0.05, 0) is 190 Å². The van der Waals surface area contributed by atoms with Crippen LogP contribution in [-0.2, 0) is 10.8 Å². The highest BCUT2D eigenvalue weighted by atomic mass is 16.3. The fourth-order valence-electron chi connectivity index (χ4n) is 15.4. The third-order valence-electron chi connectivity index (χ3n) is 18.9. The van der Waals surface area contributed by atoms with Crippen molar-refractivity contribution in [3.05, 3.63) is 168 Å². The van der Waals surface area contributed by atoms with Crippen LogP contribution in [0.2, 0.25) is 0 Å². The SMILES string of the molecule is [B]c1c([B])c([B])c(-c2ccc(N(c3ccc4c(c3)C3(CCCCC3)c3ccccc3-4)c3ccc4oc5ccc(-c6ccc7c(c6)[C@@]6(CCC89C[C@@H]8C[C@@H]6C9)c6ccccc6-7)cc5c4c3)cc2)c([B])c1[B]. The standard InChI is InChI=1S/C63H46B5NO/c64-56-55(57(65)59(67)60(68)58(56)66)35-12-16-40(17-13-35)69(42-18-21-45-43-8-2-4-10-49(43)62(51(45)32-42)24-6-1-7-25-62)41-19-23-54-48(31-41)47-28-36(15-22-53(47)70-54)37-14-20-46-44-9-3-5-11-50(44)63(52(46)29-37)27-26-61-33-38(61)30-39(63)34-61/h2-5,8-23,28-29,31-32,38-39H,1,6-7,24-27,30,33-34H2/t38-,39+,61?,63+/m0/s1. The molecule has 0 amide bonds. The van der Waals surface area contributed by atoms with E-state index in [1.54, 1.807) is 11.1 Å². The minimum atomic E-state index is -0.00250. The van der Waals surface area contributed by atoms with E-state index in [4.69, 9.17) is 43.6 Å². The minimum Gasteiger partial charge on any atom is -0.456 e. The van der Waals surface area contributed by atoms with E-state index < -0.39 is 0 Å². The Morgan fingerprint density at radius 3 is 1.77 bits per heavy atom. The molecular formula is C63H46B5NO.